The number of hydrogen-bond acceptors (Lipinski definition) is 3. The van der Waals surface area contributed by atoms with Crippen LogP contribution in [0.4, 0.5) is 16.2 Å². The van der Waals surface area contributed by atoms with Gasteiger partial charge in [0.05, 0.1) is 0 Å². The molecule has 0 aliphatic heterocycles. The molecule has 106 valence electrons. The molecular weight excluding hydrogens is 240 g/mol. The van der Waals surface area contributed by atoms with Gasteiger partial charge < -0.3 is 10.5 Å². The number of nitrogens with two attached hydrogens (primary N) is 1. The lowest BCUT2D eigenvalue weighted by molar-refractivity contribution is 0.0636. The van der Waals surface area contributed by atoms with Crippen LogP contribution in [0.15, 0.2) is 12.1 Å². The zero-order chi connectivity index (χ0) is 14.6. The van der Waals surface area contributed by atoms with Crippen molar-refractivity contribution >= 4 is 17.5 Å². The molecule has 0 unspecified atom stereocenters. The molecule has 0 radical (unpaired) electrons. The summed E-state index contributed by atoms with van der Waals surface area (Å²) in [7, 11) is 0. The second-order valence-electron chi connectivity index (χ2n) is 5.49. The van der Waals surface area contributed by atoms with Crippen molar-refractivity contribution < 1.29 is 9.53 Å². The molecule has 0 spiro atoms. The molecule has 0 aliphatic rings. The van der Waals surface area contributed by atoms with E-state index in [0.29, 0.717) is 0 Å². The van der Waals surface area contributed by atoms with Gasteiger partial charge in [0.25, 0.3) is 0 Å². The summed E-state index contributed by atoms with van der Waals surface area (Å²) >= 11 is 0. The maximum absolute atomic E-state index is 11.8. The van der Waals surface area contributed by atoms with Gasteiger partial charge in [-0.1, -0.05) is 13.8 Å². The fourth-order valence-corrected chi connectivity index (χ4v) is 2.06. The third kappa shape index (κ3) is 4.16. The number of rotatable bonds is 3. The van der Waals surface area contributed by atoms with Crippen LogP contribution in [0.2, 0.25) is 0 Å². The number of amides is 1. The summed E-state index contributed by atoms with van der Waals surface area (Å²) in [4.78, 5) is 11.8. The standard InChI is InChI=1S/C15H24N2O2/c1-6-10-11(7-2)13(9-8-12(10)16)17-14(18)19-15(3,4)5/h8-9H,6-7,16H2,1-5H3,(H,17,18). The van der Waals surface area contributed by atoms with Crippen LogP contribution < -0.4 is 11.1 Å². The van der Waals surface area contributed by atoms with E-state index in [1.165, 1.54) is 0 Å². The van der Waals surface area contributed by atoms with Crippen molar-refractivity contribution in [3.63, 3.8) is 0 Å². The number of nitrogens with one attached hydrogen (secondary N) is 1. The van der Waals surface area contributed by atoms with Crippen LogP contribution >= 0.6 is 0 Å². The van der Waals surface area contributed by atoms with E-state index < -0.39 is 11.7 Å². The number of hydrogen-bond donors (Lipinski definition) is 2. The molecule has 0 fully saturated rings. The minimum absolute atomic E-state index is 0.436. The van der Waals surface area contributed by atoms with Crippen molar-refractivity contribution in [3.8, 4) is 0 Å². The number of benzene rings is 1. The summed E-state index contributed by atoms with van der Waals surface area (Å²) in [5, 5.41) is 2.80. The van der Waals surface area contributed by atoms with Gasteiger partial charge in [0.15, 0.2) is 0 Å². The normalized spacial score (nSPS) is 11.2. The van der Waals surface area contributed by atoms with Crippen LogP contribution in [0.5, 0.6) is 0 Å². The largest absolute Gasteiger partial charge is 0.444 e. The van der Waals surface area contributed by atoms with Gasteiger partial charge in [-0.25, -0.2) is 4.79 Å². The van der Waals surface area contributed by atoms with E-state index in [4.69, 9.17) is 10.5 Å². The van der Waals surface area contributed by atoms with E-state index in [1.807, 2.05) is 39.8 Å². The molecule has 1 aromatic carbocycles. The Kier molecular flexibility index (Phi) is 4.81. The molecule has 4 heteroatoms. The van der Waals surface area contributed by atoms with Crippen molar-refractivity contribution in [1.29, 1.82) is 0 Å². The Morgan fingerprint density at radius 1 is 1.21 bits per heavy atom. The van der Waals surface area contributed by atoms with E-state index in [-0.39, 0.29) is 0 Å². The Morgan fingerprint density at radius 2 is 1.79 bits per heavy atom. The summed E-state index contributed by atoms with van der Waals surface area (Å²) in [6.07, 6.45) is 1.23. The first kappa shape index (κ1) is 15.3. The number of nitrogen functional groups attached to an aromatic ring is 1. The van der Waals surface area contributed by atoms with Crippen LogP contribution in [0.3, 0.4) is 0 Å². The highest BCUT2D eigenvalue weighted by Crippen LogP contribution is 2.27. The van der Waals surface area contributed by atoms with Gasteiger partial charge in [-0.05, 0) is 56.9 Å². The van der Waals surface area contributed by atoms with Crippen molar-refractivity contribution in [3.05, 3.63) is 23.3 Å². The lowest BCUT2D eigenvalue weighted by Crippen LogP contribution is -2.27. The summed E-state index contributed by atoms with van der Waals surface area (Å²) in [6.45, 7) is 9.63. The molecule has 0 heterocycles. The molecule has 3 N–H and O–H groups in total. The monoisotopic (exact) mass is 264 g/mol. The minimum Gasteiger partial charge on any atom is -0.444 e. The maximum atomic E-state index is 11.8. The molecule has 0 aromatic heterocycles. The van der Waals surface area contributed by atoms with Crippen molar-refractivity contribution in [2.24, 2.45) is 0 Å². The molecule has 1 rings (SSSR count). The first-order chi connectivity index (χ1) is 8.78. The van der Waals surface area contributed by atoms with Crippen molar-refractivity contribution in [2.75, 3.05) is 11.1 Å². The van der Waals surface area contributed by atoms with Crippen LogP contribution in [0.1, 0.15) is 45.7 Å². The second kappa shape index (κ2) is 5.95. The van der Waals surface area contributed by atoms with Crippen molar-refractivity contribution in [2.45, 2.75) is 53.1 Å². The zero-order valence-electron chi connectivity index (χ0n) is 12.5. The van der Waals surface area contributed by atoms with Gasteiger partial charge in [0.2, 0.25) is 0 Å². The summed E-state index contributed by atoms with van der Waals surface area (Å²) in [6, 6.07) is 3.65. The Hall–Kier alpha value is -1.71. The van der Waals surface area contributed by atoms with E-state index in [9.17, 15) is 4.79 Å². The Morgan fingerprint density at radius 3 is 2.26 bits per heavy atom. The highest BCUT2D eigenvalue weighted by Gasteiger charge is 2.18. The van der Waals surface area contributed by atoms with E-state index in [1.54, 1.807) is 0 Å². The highest BCUT2D eigenvalue weighted by atomic mass is 16.6. The molecule has 0 atom stereocenters. The maximum Gasteiger partial charge on any atom is 0.412 e. The SMILES string of the molecule is CCc1c(N)ccc(NC(=O)OC(C)(C)C)c1CC. The van der Waals surface area contributed by atoms with Crippen LogP contribution in [0.25, 0.3) is 0 Å². The molecule has 1 amide bonds. The molecule has 1 aromatic rings. The van der Waals surface area contributed by atoms with Gasteiger partial charge in [-0.3, -0.25) is 5.32 Å². The number of ether oxygens (including phenoxy) is 1. The first-order valence-electron chi connectivity index (χ1n) is 6.68. The van der Waals surface area contributed by atoms with Gasteiger partial charge in [0, 0.05) is 11.4 Å². The van der Waals surface area contributed by atoms with Gasteiger partial charge in [0.1, 0.15) is 5.60 Å². The Bertz CT molecular complexity index is 462. The second-order valence-corrected chi connectivity index (χ2v) is 5.49. The first-order valence-corrected chi connectivity index (χ1v) is 6.68. The minimum atomic E-state index is -0.502. The number of carbonyl (C=O) groups is 1. The Balaban J connectivity index is 2.99. The summed E-state index contributed by atoms with van der Waals surface area (Å²) in [5.41, 5.74) is 9.19. The van der Waals surface area contributed by atoms with Crippen LogP contribution in [-0.2, 0) is 17.6 Å². The van der Waals surface area contributed by atoms with Crippen molar-refractivity contribution in [1.82, 2.24) is 0 Å². The predicted octanol–water partition coefficient (Wildman–Crippen LogP) is 3.74. The third-order valence-corrected chi connectivity index (χ3v) is 2.81. The fraction of sp³-hybridized carbons (Fsp3) is 0.533. The van der Waals surface area contributed by atoms with Crippen LogP contribution in [0, 0.1) is 0 Å². The molecule has 0 saturated heterocycles. The fourth-order valence-electron chi connectivity index (χ4n) is 2.06. The lowest BCUT2D eigenvalue weighted by Gasteiger charge is -2.21. The highest BCUT2D eigenvalue weighted by molar-refractivity contribution is 5.87. The smallest absolute Gasteiger partial charge is 0.412 e. The quantitative estimate of drug-likeness (QED) is 0.817. The predicted molar refractivity (Wildman–Crippen MR) is 79.5 cm³/mol. The number of carbonyl (C=O) groups excluding carboxylic acids is 1. The summed E-state index contributed by atoms with van der Waals surface area (Å²) in [5.74, 6) is 0. The van der Waals surface area contributed by atoms with Gasteiger partial charge in [-0.2, -0.15) is 0 Å². The van der Waals surface area contributed by atoms with Gasteiger partial charge in [-0.15, -0.1) is 0 Å². The van der Waals surface area contributed by atoms with Crippen LogP contribution in [-0.4, -0.2) is 11.7 Å². The zero-order valence-corrected chi connectivity index (χ0v) is 12.5. The van der Waals surface area contributed by atoms with Gasteiger partial charge >= 0.3 is 6.09 Å². The van der Waals surface area contributed by atoms with E-state index in [0.717, 1.165) is 35.3 Å². The molecule has 4 nitrogen and oxygen atoms in total. The van der Waals surface area contributed by atoms with E-state index in [2.05, 4.69) is 12.2 Å². The third-order valence-electron chi connectivity index (χ3n) is 2.81. The molecule has 0 saturated carbocycles. The topological polar surface area (TPSA) is 64.3 Å². The lowest BCUT2D eigenvalue weighted by atomic mass is 9.99. The average Bonchev–Trinajstić information content (AvgIpc) is 2.28. The molecule has 19 heavy (non-hydrogen) atoms. The summed E-state index contributed by atoms with van der Waals surface area (Å²) < 4.78 is 5.26. The molecule has 0 aliphatic carbocycles. The average molecular weight is 264 g/mol. The molecule has 0 bridgehead atoms. The Labute approximate surface area is 115 Å². The van der Waals surface area contributed by atoms with E-state index >= 15 is 0 Å². The molecular formula is C15H24N2O2. The number of anilines is 2.